The number of methoxy groups -OCH3 is 1. The second-order valence-electron chi connectivity index (χ2n) is 5.45. The molecule has 6 heteroatoms. The number of morpholine rings is 1. The summed E-state index contributed by atoms with van der Waals surface area (Å²) < 4.78 is 10.7. The van der Waals surface area contributed by atoms with Gasteiger partial charge in [0.05, 0.1) is 25.8 Å². The highest BCUT2D eigenvalue weighted by molar-refractivity contribution is 5.88. The molecule has 0 radical (unpaired) electrons. The van der Waals surface area contributed by atoms with E-state index in [-0.39, 0.29) is 0 Å². The SMILES string of the molecule is COc1cccc(-c2nc3c(N4CCOCC4)nccc3[nH]2)c1. The van der Waals surface area contributed by atoms with Crippen molar-refractivity contribution < 1.29 is 9.47 Å². The van der Waals surface area contributed by atoms with Crippen LogP contribution in [-0.2, 0) is 4.74 Å². The zero-order valence-corrected chi connectivity index (χ0v) is 13.0. The number of H-pyrrole nitrogens is 1. The van der Waals surface area contributed by atoms with Gasteiger partial charge in [-0.2, -0.15) is 0 Å². The predicted molar refractivity (Wildman–Crippen MR) is 88.9 cm³/mol. The van der Waals surface area contributed by atoms with Gasteiger partial charge in [-0.05, 0) is 18.2 Å². The van der Waals surface area contributed by atoms with Crippen LogP contribution in [0.2, 0.25) is 0 Å². The molecule has 1 aliphatic heterocycles. The van der Waals surface area contributed by atoms with Crippen molar-refractivity contribution in [3.8, 4) is 17.1 Å². The van der Waals surface area contributed by atoms with Crippen molar-refractivity contribution in [1.82, 2.24) is 15.0 Å². The maximum Gasteiger partial charge on any atom is 0.156 e. The topological polar surface area (TPSA) is 63.3 Å². The molecule has 3 aromatic rings. The zero-order chi connectivity index (χ0) is 15.6. The number of anilines is 1. The lowest BCUT2D eigenvalue weighted by Gasteiger charge is -2.27. The lowest BCUT2D eigenvalue weighted by atomic mass is 10.2. The second-order valence-corrected chi connectivity index (χ2v) is 5.45. The van der Waals surface area contributed by atoms with E-state index in [1.165, 1.54) is 0 Å². The van der Waals surface area contributed by atoms with Crippen molar-refractivity contribution in [3.63, 3.8) is 0 Å². The van der Waals surface area contributed by atoms with E-state index in [0.29, 0.717) is 0 Å². The number of aromatic amines is 1. The molecule has 2 aromatic heterocycles. The quantitative estimate of drug-likeness (QED) is 0.805. The number of aromatic nitrogens is 3. The van der Waals surface area contributed by atoms with Crippen LogP contribution in [0, 0.1) is 0 Å². The molecule has 4 rings (SSSR count). The van der Waals surface area contributed by atoms with Gasteiger partial charge in [-0.3, -0.25) is 0 Å². The summed E-state index contributed by atoms with van der Waals surface area (Å²) in [6, 6.07) is 9.83. The Bertz CT molecular complexity index is 824. The Morgan fingerprint density at radius 1 is 1.22 bits per heavy atom. The van der Waals surface area contributed by atoms with E-state index >= 15 is 0 Å². The average molecular weight is 310 g/mol. The van der Waals surface area contributed by atoms with Crippen molar-refractivity contribution >= 4 is 16.9 Å². The zero-order valence-electron chi connectivity index (χ0n) is 13.0. The van der Waals surface area contributed by atoms with Crippen molar-refractivity contribution in [2.45, 2.75) is 0 Å². The number of nitrogens with one attached hydrogen (secondary N) is 1. The summed E-state index contributed by atoms with van der Waals surface area (Å²) in [5.74, 6) is 2.55. The van der Waals surface area contributed by atoms with E-state index in [4.69, 9.17) is 14.5 Å². The van der Waals surface area contributed by atoms with Crippen LogP contribution < -0.4 is 9.64 Å². The summed E-state index contributed by atoms with van der Waals surface area (Å²) in [6.07, 6.45) is 1.82. The van der Waals surface area contributed by atoms with Gasteiger partial charge in [0.1, 0.15) is 17.1 Å². The number of fused-ring (bicyclic) bond motifs is 1. The molecule has 0 unspecified atom stereocenters. The minimum Gasteiger partial charge on any atom is -0.497 e. The predicted octanol–water partition coefficient (Wildman–Crippen LogP) is 2.47. The van der Waals surface area contributed by atoms with Crippen LogP contribution >= 0.6 is 0 Å². The Morgan fingerprint density at radius 3 is 2.91 bits per heavy atom. The standard InChI is InChI=1S/C17H18N4O2/c1-22-13-4-2-3-12(11-13)16-19-14-5-6-18-17(15(14)20-16)21-7-9-23-10-8-21/h2-6,11H,7-10H2,1H3,(H,19,20). The molecule has 1 aromatic carbocycles. The van der Waals surface area contributed by atoms with Gasteiger partial charge in [-0.1, -0.05) is 12.1 Å². The van der Waals surface area contributed by atoms with Gasteiger partial charge < -0.3 is 19.4 Å². The maximum atomic E-state index is 5.42. The summed E-state index contributed by atoms with van der Waals surface area (Å²) >= 11 is 0. The van der Waals surface area contributed by atoms with E-state index in [1.807, 2.05) is 36.5 Å². The first-order chi connectivity index (χ1) is 11.3. The third-order valence-corrected chi connectivity index (χ3v) is 4.04. The minimum absolute atomic E-state index is 0.727. The molecular formula is C17H18N4O2. The number of benzene rings is 1. The molecule has 6 nitrogen and oxygen atoms in total. The van der Waals surface area contributed by atoms with E-state index in [1.54, 1.807) is 7.11 Å². The molecule has 1 aliphatic rings. The van der Waals surface area contributed by atoms with E-state index in [0.717, 1.165) is 60.3 Å². The lowest BCUT2D eigenvalue weighted by molar-refractivity contribution is 0.122. The van der Waals surface area contributed by atoms with Crippen LogP contribution in [0.25, 0.3) is 22.4 Å². The summed E-state index contributed by atoms with van der Waals surface area (Å²) in [5, 5.41) is 0. The van der Waals surface area contributed by atoms with Crippen molar-refractivity contribution in [1.29, 1.82) is 0 Å². The number of nitrogens with zero attached hydrogens (tertiary/aromatic N) is 3. The molecule has 0 bridgehead atoms. The monoisotopic (exact) mass is 310 g/mol. The van der Waals surface area contributed by atoms with E-state index in [2.05, 4.69) is 14.9 Å². The van der Waals surface area contributed by atoms with E-state index < -0.39 is 0 Å². The first-order valence-corrected chi connectivity index (χ1v) is 7.67. The van der Waals surface area contributed by atoms with Gasteiger partial charge in [0.2, 0.25) is 0 Å². The summed E-state index contributed by atoms with van der Waals surface area (Å²) in [5.41, 5.74) is 2.88. The fraction of sp³-hybridized carbons (Fsp3) is 0.294. The number of hydrogen-bond donors (Lipinski definition) is 1. The lowest BCUT2D eigenvalue weighted by Crippen LogP contribution is -2.36. The van der Waals surface area contributed by atoms with Gasteiger partial charge in [0.25, 0.3) is 0 Å². The first kappa shape index (κ1) is 14.0. The van der Waals surface area contributed by atoms with Crippen LogP contribution in [0.15, 0.2) is 36.5 Å². The molecular weight excluding hydrogens is 292 g/mol. The highest BCUT2D eigenvalue weighted by atomic mass is 16.5. The van der Waals surface area contributed by atoms with Crippen LogP contribution in [0.1, 0.15) is 0 Å². The Hall–Kier alpha value is -2.60. The molecule has 1 saturated heterocycles. The first-order valence-electron chi connectivity index (χ1n) is 7.67. The van der Waals surface area contributed by atoms with Crippen LogP contribution in [0.4, 0.5) is 5.82 Å². The Balaban J connectivity index is 1.78. The Labute approximate surface area is 134 Å². The van der Waals surface area contributed by atoms with Crippen LogP contribution in [-0.4, -0.2) is 48.4 Å². The molecule has 0 spiro atoms. The number of rotatable bonds is 3. The number of pyridine rings is 1. The van der Waals surface area contributed by atoms with Gasteiger partial charge in [-0.15, -0.1) is 0 Å². The largest absolute Gasteiger partial charge is 0.497 e. The third-order valence-electron chi connectivity index (χ3n) is 4.04. The summed E-state index contributed by atoms with van der Waals surface area (Å²) in [6.45, 7) is 3.14. The van der Waals surface area contributed by atoms with Crippen molar-refractivity contribution in [3.05, 3.63) is 36.5 Å². The molecule has 0 amide bonds. The van der Waals surface area contributed by atoms with Crippen molar-refractivity contribution in [2.75, 3.05) is 38.3 Å². The molecule has 1 fully saturated rings. The van der Waals surface area contributed by atoms with Crippen LogP contribution in [0.5, 0.6) is 5.75 Å². The molecule has 3 heterocycles. The van der Waals surface area contributed by atoms with Gasteiger partial charge in [-0.25, -0.2) is 9.97 Å². The molecule has 23 heavy (non-hydrogen) atoms. The van der Waals surface area contributed by atoms with Gasteiger partial charge in [0, 0.05) is 24.8 Å². The second kappa shape index (κ2) is 5.89. The van der Waals surface area contributed by atoms with Crippen molar-refractivity contribution in [2.24, 2.45) is 0 Å². The number of imidazole rings is 1. The molecule has 1 N–H and O–H groups in total. The molecule has 118 valence electrons. The maximum absolute atomic E-state index is 5.42. The van der Waals surface area contributed by atoms with Gasteiger partial charge >= 0.3 is 0 Å². The number of ether oxygens (including phenoxy) is 2. The smallest absolute Gasteiger partial charge is 0.156 e. The molecule has 0 atom stereocenters. The molecule has 0 aliphatic carbocycles. The Morgan fingerprint density at radius 2 is 2.09 bits per heavy atom. The normalized spacial score (nSPS) is 15.1. The summed E-state index contributed by atoms with van der Waals surface area (Å²) in [4.78, 5) is 14.9. The van der Waals surface area contributed by atoms with E-state index in [9.17, 15) is 0 Å². The highest BCUT2D eigenvalue weighted by Gasteiger charge is 2.18. The fourth-order valence-electron chi connectivity index (χ4n) is 2.83. The molecule has 0 saturated carbocycles. The average Bonchev–Trinajstić information content (AvgIpc) is 3.07. The fourth-order valence-corrected chi connectivity index (χ4v) is 2.83. The minimum atomic E-state index is 0.727. The van der Waals surface area contributed by atoms with Gasteiger partial charge in [0.15, 0.2) is 5.82 Å². The summed E-state index contributed by atoms with van der Waals surface area (Å²) in [7, 11) is 1.66. The third kappa shape index (κ3) is 2.61. The highest BCUT2D eigenvalue weighted by Crippen LogP contribution is 2.28. The van der Waals surface area contributed by atoms with Crippen LogP contribution in [0.3, 0.4) is 0 Å². The Kier molecular flexibility index (Phi) is 3.59. The number of hydrogen-bond acceptors (Lipinski definition) is 5.